The lowest BCUT2D eigenvalue weighted by atomic mass is 10.1. The van der Waals surface area contributed by atoms with Crippen molar-refractivity contribution in [3.63, 3.8) is 0 Å². The maximum absolute atomic E-state index is 10.4. The molecule has 0 aromatic carbocycles. The Balaban J connectivity index is 0.000000204. The summed E-state index contributed by atoms with van der Waals surface area (Å²) in [5.74, 6) is -0.442. The zero-order chi connectivity index (χ0) is 15.3. The van der Waals surface area contributed by atoms with Crippen LogP contribution in [0.2, 0.25) is 0 Å². The van der Waals surface area contributed by atoms with E-state index in [-0.39, 0.29) is 0 Å². The van der Waals surface area contributed by atoms with Gasteiger partial charge in [0.25, 0.3) is 5.25 Å². The predicted molar refractivity (Wildman–Crippen MR) is 67.5 cm³/mol. The Kier molecular flexibility index (Phi) is 5.81. The number of rotatable bonds is 2. The van der Waals surface area contributed by atoms with Crippen LogP contribution in [0.25, 0.3) is 0 Å². The first-order valence-electron chi connectivity index (χ1n) is 5.55. The quantitative estimate of drug-likeness (QED) is 0.404. The number of aromatic nitrogens is 1. The van der Waals surface area contributed by atoms with Crippen LogP contribution < -0.4 is 5.73 Å². The summed E-state index contributed by atoms with van der Waals surface area (Å²) in [6.07, 6.45) is -0.967. The smallest absolute Gasteiger partial charge is 0.276 e. The van der Waals surface area contributed by atoms with Crippen molar-refractivity contribution in [3.05, 3.63) is 30.1 Å². The second-order valence-electron chi connectivity index (χ2n) is 3.99. The standard InChI is InChI=1S/C6H6N2O.C5H9ClO5/c7-6(9)5-2-1-3-8-4-5;6-5(10)4(9)3(8)2(1-7)11-5/h1-4H,(H2,7,9);2-4,7-10H,1H2/t;2-,3-,4-,5?/m.1/s1. The van der Waals surface area contributed by atoms with Gasteiger partial charge < -0.3 is 30.9 Å². The summed E-state index contributed by atoms with van der Waals surface area (Å²) < 4.78 is 4.49. The summed E-state index contributed by atoms with van der Waals surface area (Å²) in [6, 6.07) is 3.29. The minimum Gasteiger partial charge on any atom is -0.394 e. The summed E-state index contributed by atoms with van der Waals surface area (Å²) in [4.78, 5) is 14.1. The lowest BCUT2D eigenvalue weighted by Gasteiger charge is -2.16. The van der Waals surface area contributed by atoms with Crippen LogP contribution in [0.1, 0.15) is 10.4 Å². The lowest BCUT2D eigenvalue weighted by molar-refractivity contribution is -0.169. The summed E-state index contributed by atoms with van der Waals surface area (Å²) in [5.41, 5.74) is 5.38. The molecule has 9 heteroatoms. The first-order valence-corrected chi connectivity index (χ1v) is 5.93. The number of ether oxygens (including phenoxy) is 1. The van der Waals surface area contributed by atoms with Crippen molar-refractivity contribution in [2.24, 2.45) is 5.73 Å². The van der Waals surface area contributed by atoms with Crippen molar-refractivity contribution < 1.29 is 30.0 Å². The van der Waals surface area contributed by atoms with Gasteiger partial charge in [-0.15, -0.1) is 0 Å². The molecule has 0 saturated carbocycles. The second-order valence-corrected chi connectivity index (χ2v) is 4.53. The van der Waals surface area contributed by atoms with Gasteiger partial charge in [0.05, 0.1) is 12.2 Å². The molecule has 1 fully saturated rings. The van der Waals surface area contributed by atoms with Gasteiger partial charge in [-0.25, -0.2) is 0 Å². The van der Waals surface area contributed by atoms with E-state index in [4.69, 9.17) is 37.8 Å². The molecule has 1 aromatic rings. The van der Waals surface area contributed by atoms with Crippen LogP contribution in [0.5, 0.6) is 0 Å². The van der Waals surface area contributed by atoms with Gasteiger partial charge in [0.15, 0.2) is 6.10 Å². The van der Waals surface area contributed by atoms with Crippen molar-refractivity contribution in [3.8, 4) is 0 Å². The van der Waals surface area contributed by atoms with E-state index in [0.717, 1.165) is 0 Å². The molecule has 1 amide bonds. The third kappa shape index (κ3) is 4.10. The Hall–Kier alpha value is -1.29. The number of hydrogen-bond donors (Lipinski definition) is 5. The second kappa shape index (κ2) is 6.93. The fourth-order valence-corrected chi connectivity index (χ4v) is 1.66. The zero-order valence-corrected chi connectivity index (χ0v) is 11.0. The van der Waals surface area contributed by atoms with E-state index >= 15 is 0 Å². The minimum atomic E-state index is -2.28. The number of pyridine rings is 1. The molecule has 112 valence electrons. The number of hydrogen-bond acceptors (Lipinski definition) is 7. The van der Waals surface area contributed by atoms with Gasteiger partial charge in [0.1, 0.15) is 12.2 Å². The maximum Gasteiger partial charge on any atom is 0.276 e. The molecular weight excluding hydrogens is 292 g/mol. The number of aliphatic hydroxyl groups is 4. The van der Waals surface area contributed by atoms with E-state index < -0.39 is 36.1 Å². The van der Waals surface area contributed by atoms with E-state index in [1.807, 2.05) is 0 Å². The summed E-state index contributed by atoms with van der Waals surface area (Å²) in [5, 5.41) is 33.2. The van der Waals surface area contributed by atoms with Gasteiger partial charge in [-0.05, 0) is 12.1 Å². The first-order chi connectivity index (χ1) is 9.29. The molecule has 20 heavy (non-hydrogen) atoms. The number of alkyl halides is 1. The van der Waals surface area contributed by atoms with Gasteiger partial charge >= 0.3 is 0 Å². The molecular formula is C11H15ClN2O6. The van der Waals surface area contributed by atoms with Gasteiger partial charge in [-0.2, -0.15) is 0 Å². The molecule has 6 N–H and O–H groups in total. The number of carbonyl (C=O) groups excluding carboxylic acids is 1. The fraction of sp³-hybridized carbons (Fsp3) is 0.455. The molecule has 1 aliphatic heterocycles. The third-order valence-electron chi connectivity index (χ3n) is 2.51. The van der Waals surface area contributed by atoms with E-state index in [0.29, 0.717) is 5.56 Å². The van der Waals surface area contributed by atoms with E-state index in [2.05, 4.69) is 9.72 Å². The average Bonchev–Trinajstić information content (AvgIpc) is 2.63. The van der Waals surface area contributed by atoms with Gasteiger partial charge in [0, 0.05) is 12.4 Å². The SMILES string of the molecule is NC(=O)c1cccnc1.OC[C@H]1OC(O)(Cl)[C@H](O)[C@@H]1O. The molecule has 0 aliphatic carbocycles. The van der Waals surface area contributed by atoms with E-state index in [1.54, 1.807) is 18.3 Å². The Morgan fingerprint density at radius 2 is 2.20 bits per heavy atom. The number of primary amides is 1. The lowest BCUT2D eigenvalue weighted by Crippen LogP contribution is -2.38. The molecule has 0 spiro atoms. The number of amides is 1. The van der Waals surface area contributed by atoms with E-state index in [9.17, 15) is 4.79 Å². The maximum atomic E-state index is 10.4. The van der Waals surface area contributed by atoms with Crippen molar-refractivity contribution in [1.29, 1.82) is 0 Å². The van der Waals surface area contributed by atoms with Gasteiger partial charge in [0.2, 0.25) is 5.91 Å². The topological polar surface area (TPSA) is 146 Å². The molecule has 1 saturated heterocycles. The Morgan fingerprint density at radius 1 is 1.55 bits per heavy atom. The summed E-state index contributed by atoms with van der Waals surface area (Å²) in [7, 11) is 0. The number of nitrogens with zero attached hydrogens (tertiary/aromatic N) is 1. The molecule has 2 rings (SSSR count). The van der Waals surface area contributed by atoms with Crippen molar-refractivity contribution in [2.75, 3.05) is 6.61 Å². The number of halogens is 1. The highest BCUT2D eigenvalue weighted by atomic mass is 35.5. The van der Waals surface area contributed by atoms with Gasteiger partial charge in [-0.1, -0.05) is 11.6 Å². The van der Waals surface area contributed by atoms with Crippen LogP contribution in [-0.4, -0.2) is 61.5 Å². The van der Waals surface area contributed by atoms with Crippen LogP contribution in [0, 0.1) is 0 Å². The predicted octanol–water partition coefficient (Wildman–Crippen LogP) is -1.84. The van der Waals surface area contributed by atoms with Crippen LogP contribution in [0.3, 0.4) is 0 Å². The summed E-state index contributed by atoms with van der Waals surface area (Å²) >= 11 is 5.20. The summed E-state index contributed by atoms with van der Waals surface area (Å²) in [6.45, 7) is -0.507. The van der Waals surface area contributed by atoms with Crippen molar-refractivity contribution in [1.82, 2.24) is 4.98 Å². The highest BCUT2D eigenvalue weighted by Gasteiger charge is 2.52. The van der Waals surface area contributed by atoms with E-state index in [1.165, 1.54) is 6.20 Å². The van der Waals surface area contributed by atoms with Crippen LogP contribution in [-0.2, 0) is 4.74 Å². The number of carbonyl (C=O) groups is 1. The molecule has 0 radical (unpaired) electrons. The van der Waals surface area contributed by atoms with Gasteiger partial charge in [-0.3, -0.25) is 9.78 Å². The monoisotopic (exact) mass is 306 g/mol. The van der Waals surface area contributed by atoms with Crippen LogP contribution in [0.15, 0.2) is 24.5 Å². The molecule has 1 aromatic heterocycles. The fourth-order valence-electron chi connectivity index (χ4n) is 1.42. The first kappa shape index (κ1) is 16.8. The Morgan fingerprint density at radius 3 is 2.45 bits per heavy atom. The molecule has 0 bridgehead atoms. The average molecular weight is 307 g/mol. The molecule has 1 unspecified atom stereocenters. The molecule has 8 nitrogen and oxygen atoms in total. The van der Waals surface area contributed by atoms with Crippen LogP contribution in [0.4, 0.5) is 0 Å². The highest BCUT2D eigenvalue weighted by molar-refractivity contribution is 6.22. The Bertz CT molecular complexity index is 444. The highest BCUT2D eigenvalue weighted by Crippen LogP contribution is 2.31. The molecule has 2 heterocycles. The number of aliphatic hydroxyl groups excluding tert-OH is 3. The van der Waals surface area contributed by atoms with Crippen LogP contribution >= 0.6 is 11.6 Å². The zero-order valence-electron chi connectivity index (χ0n) is 10.3. The number of nitrogens with two attached hydrogens (primary N) is 1. The largest absolute Gasteiger partial charge is 0.394 e. The van der Waals surface area contributed by atoms with Crippen molar-refractivity contribution in [2.45, 2.75) is 23.6 Å². The molecule has 1 aliphatic rings. The third-order valence-corrected chi connectivity index (χ3v) is 2.82. The van der Waals surface area contributed by atoms with Crippen molar-refractivity contribution >= 4 is 17.5 Å². The minimum absolute atomic E-state index is 0.442. The Labute approximate surface area is 119 Å². The molecule has 4 atom stereocenters. The normalized spacial score (nSPS) is 32.4.